The van der Waals surface area contributed by atoms with E-state index in [1.165, 1.54) is 11.3 Å². The summed E-state index contributed by atoms with van der Waals surface area (Å²) in [5.41, 5.74) is 7.04. The summed E-state index contributed by atoms with van der Waals surface area (Å²) in [6.45, 7) is 9.09. The zero-order chi connectivity index (χ0) is 21.8. The summed E-state index contributed by atoms with van der Waals surface area (Å²) in [5.74, 6) is 0.935. The summed E-state index contributed by atoms with van der Waals surface area (Å²) in [6, 6.07) is 7.73. The maximum atomic E-state index is 13.4. The van der Waals surface area contributed by atoms with E-state index in [9.17, 15) is 9.59 Å². The second-order valence-corrected chi connectivity index (χ2v) is 8.14. The molecule has 0 aliphatic carbocycles. The van der Waals surface area contributed by atoms with Crippen molar-refractivity contribution in [1.29, 1.82) is 0 Å². The fourth-order valence-electron chi connectivity index (χ4n) is 3.57. The molecule has 3 aromatic rings. The lowest BCUT2D eigenvalue weighted by Gasteiger charge is -2.20. The first-order chi connectivity index (χ1) is 14.4. The van der Waals surface area contributed by atoms with Crippen molar-refractivity contribution in [3.63, 3.8) is 0 Å². The maximum Gasteiger partial charge on any atom is 0.262 e. The number of hydrogen-bond donors (Lipinski definition) is 1. The number of methoxy groups -OCH3 is 1. The normalized spacial score (nSPS) is 11.4. The second-order valence-electron chi connectivity index (χ2n) is 7.14. The van der Waals surface area contributed by atoms with Crippen molar-refractivity contribution < 1.29 is 9.53 Å². The number of carbonyl (C=O) groups excluding carboxylic acids is 1. The lowest BCUT2D eigenvalue weighted by atomic mass is 10.1. The van der Waals surface area contributed by atoms with E-state index in [1.54, 1.807) is 18.6 Å². The van der Waals surface area contributed by atoms with Gasteiger partial charge in [0.05, 0.1) is 17.4 Å². The van der Waals surface area contributed by atoms with Gasteiger partial charge in [0.1, 0.15) is 16.4 Å². The molecule has 2 heterocycles. The number of fused-ring (bicyclic) bond motifs is 1. The molecule has 0 atom stereocenters. The molecular weight excluding hydrogens is 400 g/mol. The number of aromatic nitrogens is 2. The average Bonchev–Trinajstić information content (AvgIpc) is 3.07. The first-order valence-corrected chi connectivity index (χ1v) is 10.9. The second kappa shape index (κ2) is 9.40. The lowest BCUT2D eigenvalue weighted by molar-refractivity contribution is 0.100. The van der Waals surface area contributed by atoms with Crippen molar-refractivity contribution in [2.24, 2.45) is 5.73 Å². The van der Waals surface area contributed by atoms with E-state index in [0.717, 1.165) is 30.9 Å². The van der Waals surface area contributed by atoms with Crippen LogP contribution < -0.4 is 16.0 Å². The number of hydrogen-bond acceptors (Lipinski definition) is 6. The third kappa shape index (κ3) is 4.39. The Balaban J connectivity index is 2.10. The maximum absolute atomic E-state index is 13.4. The Kier molecular flexibility index (Phi) is 6.89. The minimum atomic E-state index is -0.527. The molecule has 7 nitrogen and oxygen atoms in total. The van der Waals surface area contributed by atoms with Crippen LogP contribution in [0.4, 0.5) is 0 Å². The fraction of sp³-hybridized carbons (Fsp3) is 0.409. The molecule has 0 bridgehead atoms. The number of likely N-dealkylation sites (N-methyl/N-ethyl adjacent to an activating group) is 1. The highest BCUT2D eigenvalue weighted by Crippen LogP contribution is 2.27. The number of rotatable bonds is 9. The van der Waals surface area contributed by atoms with Gasteiger partial charge in [-0.1, -0.05) is 26.0 Å². The quantitative estimate of drug-likeness (QED) is 0.566. The van der Waals surface area contributed by atoms with E-state index in [1.807, 2.05) is 24.3 Å². The van der Waals surface area contributed by atoms with Crippen molar-refractivity contribution in [2.75, 3.05) is 26.7 Å². The predicted octanol–water partition coefficient (Wildman–Crippen LogP) is 2.81. The van der Waals surface area contributed by atoms with Gasteiger partial charge in [-0.2, -0.15) is 0 Å². The summed E-state index contributed by atoms with van der Waals surface area (Å²) >= 11 is 1.19. The minimum absolute atomic E-state index is 0.114. The molecule has 160 valence electrons. The summed E-state index contributed by atoms with van der Waals surface area (Å²) < 4.78 is 6.97. The van der Waals surface area contributed by atoms with Crippen molar-refractivity contribution in [2.45, 2.75) is 33.7 Å². The van der Waals surface area contributed by atoms with Crippen LogP contribution in [0, 0.1) is 6.92 Å². The van der Waals surface area contributed by atoms with Crippen LogP contribution in [0.1, 0.15) is 40.5 Å². The summed E-state index contributed by atoms with van der Waals surface area (Å²) in [4.78, 5) is 33.2. The summed E-state index contributed by atoms with van der Waals surface area (Å²) in [6.07, 6.45) is 0.510. The molecule has 8 heteroatoms. The number of ether oxygens (including phenoxy) is 1. The molecule has 3 rings (SSSR count). The topological polar surface area (TPSA) is 90.4 Å². The first kappa shape index (κ1) is 22.0. The van der Waals surface area contributed by atoms with E-state index < -0.39 is 5.91 Å². The SMILES string of the molecule is CCN(CC)CCn1c(Cc2ccc(OC)cc2)nc2sc(C(N)=O)c(C)c2c1=O. The van der Waals surface area contributed by atoms with Crippen LogP contribution in [0.2, 0.25) is 0 Å². The van der Waals surface area contributed by atoms with Gasteiger partial charge in [0.15, 0.2) is 0 Å². The van der Waals surface area contributed by atoms with Gasteiger partial charge in [0.2, 0.25) is 0 Å². The molecule has 0 saturated carbocycles. The molecule has 0 spiro atoms. The van der Waals surface area contributed by atoms with Crippen LogP contribution in [-0.4, -0.2) is 47.1 Å². The molecule has 0 unspecified atom stereocenters. The molecule has 30 heavy (non-hydrogen) atoms. The largest absolute Gasteiger partial charge is 0.497 e. The van der Waals surface area contributed by atoms with Gasteiger partial charge in [-0.15, -0.1) is 11.3 Å². The van der Waals surface area contributed by atoms with E-state index in [-0.39, 0.29) is 5.56 Å². The molecule has 1 amide bonds. The zero-order valence-electron chi connectivity index (χ0n) is 17.9. The van der Waals surface area contributed by atoms with E-state index in [4.69, 9.17) is 15.5 Å². The van der Waals surface area contributed by atoms with E-state index >= 15 is 0 Å². The zero-order valence-corrected chi connectivity index (χ0v) is 18.7. The van der Waals surface area contributed by atoms with Crippen molar-refractivity contribution >= 4 is 27.5 Å². The highest BCUT2D eigenvalue weighted by atomic mass is 32.1. The summed E-state index contributed by atoms with van der Waals surface area (Å²) in [5, 5.41) is 0.492. The van der Waals surface area contributed by atoms with E-state index in [0.29, 0.717) is 39.4 Å². The van der Waals surface area contributed by atoms with Crippen molar-refractivity contribution in [3.05, 3.63) is 56.4 Å². The molecule has 2 N–H and O–H groups in total. The average molecular weight is 429 g/mol. The molecule has 0 fully saturated rings. The van der Waals surface area contributed by atoms with Crippen LogP contribution in [0.3, 0.4) is 0 Å². The summed E-state index contributed by atoms with van der Waals surface area (Å²) in [7, 11) is 1.63. The Bertz CT molecular complexity index is 1100. The number of benzene rings is 1. The monoisotopic (exact) mass is 428 g/mol. The molecule has 2 aromatic heterocycles. The molecule has 1 aromatic carbocycles. The Morgan fingerprint density at radius 1 is 1.23 bits per heavy atom. The van der Waals surface area contributed by atoms with Gasteiger partial charge < -0.3 is 15.4 Å². The number of aryl methyl sites for hydroxylation is 1. The number of amides is 1. The number of thiophene rings is 1. The van der Waals surface area contributed by atoms with Gasteiger partial charge in [0.25, 0.3) is 11.5 Å². The van der Waals surface area contributed by atoms with Crippen LogP contribution in [0.25, 0.3) is 10.2 Å². The molecule has 0 saturated heterocycles. The Morgan fingerprint density at radius 2 is 1.90 bits per heavy atom. The van der Waals surface area contributed by atoms with Crippen LogP contribution in [-0.2, 0) is 13.0 Å². The number of nitrogens with zero attached hydrogens (tertiary/aromatic N) is 3. The van der Waals surface area contributed by atoms with Crippen LogP contribution in [0.5, 0.6) is 5.75 Å². The third-order valence-corrected chi connectivity index (χ3v) is 6.61. The van der Waals surface area contributed by atoms with Crippen LogP contribution in [0.15, 0.2) is 29.1 Å². The number of nitrogens with two attached hydrogens (primary N) is 1. The standard InChI is InChI=1S/C22H28N4O3S/c1-5-25(6-2)11-12-26-17(13-15-7-9-16(29-4)10-8-15)24-21-18(22(26)28)14(3)19(30-21)20(23)27/h7-10H,5-6,11-13H2,1-4H3,(H2,23,27). The van der Waals surface area contributed by atoms with Crippen molar-refractivity contribution in [3.8, 4) is 5.75 Å². The highest BCUT2D eigenvalue weighted by molar-refractivity contribution is 7.20. The van der Waals surface area contributed by atoms with Gasteiger partial charge in [-0.3, -0.25) is 14.2 Å². The predicted molar refractivity (Wildman–Crippen MR) is 121 cm³/mol. The smallest absolute Gasteiger partial charge is 0.262 e. The Morgan fingerprint density at radius 3 is 2.47 bits per heavy atom. The van der Waals surface area contributed by atoms with Crippen molar-refractivity contribution in [1.82, 2.24) is 14.5 Å². The van der Waals surface area contributed by atoms with Gasteiger partial charge >= 0.3 is 0 Å². The Labute approximate surface area is 180 Å². The third-order valence-electron chi connectivity index (χ3n) is 5.41. The molecule has 0 radical (unpaired) electrons. The van der Waals surface area contributed by atoms with Crippen LogP contribution >= 0.6 is 11.3 Å². The minimum Gasteiger partial charge on any atom is -0.497 e. The van der Waals surface area contributed by atoms with Gasteiger partial charge in [0, 0.05) is 19.5 Å². The number of primary amides is 1. The highest BCUT2D eigenvalue weighted by Gasteiger charge is 2.20. The molecule has 0 aliphatic heterocycles. The fourth-order valence-corrected chi connectivity index (χ4v) is 4.61. The van der Waals surface area contributed by atoms with Gasteiger partial charge in [-0.05, 0) is 43.3 Å². The lowest BCUT2D eigenvalue weighted by Crippen LogP contribution is -2.33. The first-order valence-electron chi connectivity index (χ1n) is 10.1. The molecule has 0 aliphatic rings. The Hall–Kier alpha value is -2.71. The number of carbonyl (C=O) groups is 1. The van der Waals surface area contributed by atoms with E-state index in [2.05, 4.69) is 18.7 Å². The molecular formula is C22H28N4O3S. The van der Waals surface area contributed by atoms with Gasteiger partial charge in [-0.25, -0.2) is 4.98 Å².